The monoisotopic (exact) mass is 398 g/mol. The number of aliphatic imine (C=N–C) groups is 1. The summed E-state index contributed by atoms with van der Waals surface area (Å²) in [5.74, 6) is 1.88. The topological polar surface area (TPSA) is 84.0 Å². The lowest BCUT2D eigenvalue weighted by Gasteiger charge is -2.14. The number of ether oxygens (including phenoxy) is 2. The van der Waals surface area contributed by atoms with Crippen molar-refractivity contribution in [1.82, 2.24) is 10.6 Å². The molecule has 0 radical (unpaired) electrons. The minimum absolute atomic E-state index is 0.0620. The fourth-order valence-corrected chi connectivity index (χ4v) is 2.68. The van der Waals surface area contributed by atoms with Crippen molar-refractivity contribution < 1.29 is 14.3 Å². The van der Waals surface area contributed by atoms with Gasteiger partial charge in [0.2, 0.25) is 0 Å². The van der Waals surface area contributed by atoms with Crippen molar-refractivity contribution in [3.05, 3.63) is 53.6 Å². The summed E-state index contributed by atoms with van der Waals surface area (Å²) in [5, 5.41) is 9.38. The molecule has 2 aromatic carbocycles. The molecule has 0 saturated carbocycles. The summed E-state index contributed by atoms with van der Waals surface area (Å²) in [6, 6.07) is 13.1. The van der Waals surface area contributed by atoms with E-state index in [0.717, 1.165) is 24.2 Å². The number of guanidine groups is 1. The van der Waals surface area contributed by atoms with E-state index in [0.29, 0.717) is 36.1 Å². The van der Waals surface area contributed by atoms with Crippen LogP contribution in [-0.2, 0) is 6.54 Å². The van der Waals surface area contributed by atoms with Gasteiger partial charge in [-0.25, -0.2) is 4.99 Å². The second kappa shape index (κ2) is 11.6. The smallest absolute Gasteiger partial charge is 0.251 e. The number of carbonyl (C=O) groups excluding carboxylic acids is 1. The number of nitrogens with one attached hydrogen (secondary N) is 3. The number of hydrogen-bond acceptors (Lipinski definition) is 4. The van der Waals surface area contributed by atoms with Gasteiger partial charge in [-0.1, -0.05) is 19.1 Å². The molecule has 0 saturated heterocycles. The fraction of sp³-hybridized carbons (Fsp3) is 0.364. The zero-order valence-electron chi connectivity index (χ0n) is 17.5. The average Bonchev–Trinajstić information content (AvgIpc) is 2.76. The molecule has 0 unspecified atom stereocenters. The van der Waals surface area contributed by atoms with Gasteiger partial charge in [-0.15, -0.1) is 0 Å². The predicted octanol–water partition coefficient (Wildman–Crippen LogP) is 3.42. The highest BCUT2D eigenvalue weighted by molar-refractivity contribution is 5.95. The van der Waals surface area contributed by atoms with E-state index in [1.807, 2.05) is 56.3 Å². The minimum atomic E-state index is -0.0620. The molecule has 7 nitrogen and oxygen atoms in total. The van der Waals surface area contributed by atoms with Gasteiger partial charge in [0, 0.05) is 30.4 Å². The number of methoxy groups -OCH3 is 2. The molecule has 156 valence electrons. The summed E-state index contributed by atoms with van der Waals surface area (Å²) in [6.07, 6.45) is 0.906. The zero-order chi connectivity index (χ0) is 21.1. The van der Waals surface area contributed by atoms with E-state index < -0.39 is 0 Å². The lowest BCUT2D eigenvalue weighted by atomic mass is 10.1. The first kappa shape index (κ1) is 22.1. The molecule has 7 heteroatoms. The molecule has 0 heterocycles. The third kappa shape index (κ3) is 6.71. The van der Waals surface area contributed by atoms with Crippen molar-refractivity contribution in [2.45, 2.75) is 26.8 Å². The Labute approximate surface area is 172 Å². The quantitative estimate of drug-likeness (QED) is 0.445. The fourth-order valence-electron chi connectivity index (χ4n) is 2.68. The molecule has 2 aromatic rings. The molecular weight excluding hydrogens is 368 g/mol. The van der Waals surface area contributed by atoms with Crippen LogP contribution in [0.1, 0.15) is 36.2 Å². The van der Waals surface area contributed by atoms with Crippen molar-refractivity contribution >= 4 is 17.6 Å². The van der Waals surface area contributed by atoms with Crippen LogP contribution in [0.4, 0.5) is 5.69 Å². The van der Waals surface area contributed by atoms with E-state index in [1.54, 1.807) is 14.2 Å². The highest BCUT2D eigenvalue weighted by atomic mass is 16.5. The molecule has 2 rings (SSSR count). The summed E-state index contributed by atoms with van der Waals surface area (Å²) < 4.78 is 10.6. The molecule has 0 fully saturated rings. The Morgan fingerprint density at radius 1 is 1.00 bits per heavy atom. The molecule has 3 N–H and O–H groups in total. The van der Waals surface area contributed by atoms with E-state index in [2.05, 4.69) is 20.9 Å². The summed E-state index contributed by atoms with van der Waals surface area (Å²) >= 11 is 0. The first-order valence-corrected chi connectivity index (χ1v) is 9.75. The first-order valence-electron chi connectivity index (χ1n) is 9.75. The van der Waals surface area contributed by atoms with Gasteiger partial charge in [0.15, 0.2) is 17.5 Å². The van der Waals surface area contributed by atoms with E-state index in [9.17, 15) is 4.79 Å². The van der Waals surface area contributed by atoms with Gasteiger partial charge in [0.05, 0.1) is 20.8 Å². The Kier molecular flexibility index (Phi) is 8.82. The van der Waals surface area contributed by atoms with Crippen LogP contribution in [0.2, 0.25) is 0 Å². The second-order valence-corrected chi connectivity index (χ2v) is 6.35. The largest absolute Gasteiger partial charge is 0.493 e. The Morgan fingerprint density at radius 2 is 1.79 bits per heavy atom. The van der Waals surface area contributed by atoms with E-state index in [-0.39, 0.29) is 5.91 Å². The molecule has 0 aliphatic rings. The standard InChI is InChI=1S/C22H30N4O3/c1-5-12-24-21(27)17-9-7-8-16(13-17)15-25-22(23-6-2)26-18-10-11-19(28-3)20(14-18)29-4/h7-11,13-14H,5-6,12,15H2,1-4H3,(H,24,27)(H2,23,25,26). The van der Waals surface area contributed by atoms with Gasteiger partial charge in [-0.05, 0) is 43.2 Å². The van der Waals surface area contributed by atoms with Crippen LogP contribution in [0.3, 0.4) is 0 Å². The van der Waals surface area contributed by atoms with Gasteiger partial charge < -0.3 is 25.4 Å². The number of carbonyl (C=O) groups is 1. The Morgan fingerprint density at radius 3 is 2.48 bits per heavy atom. The average molecular weight is 399 g/mol. The summed E-state index contributed by atoms with van der Waals surface area (Å²) in [5.41, 5.74) is 2.43. The number of benzene rings is 2. The molecule has 0 aromatic heterocycles. The third-order valence-corrected chi connectivity index (χ3v) is 4.13. The van der Waals surface area contributed by atoms with Crippen LogP contribution in [0, 0.1) is 0 Å². The van der Waals surface area contributed by atoms with E-state index in [4.69, 9.17) is 9.47 Å². The summed E-state index contributed by atoms with van der Waals surface area (Å²) in [6.45, 7) is 5.86. The molecular formula is C22H30N4O3. The van der Waals surface area contributed by atoms with Crippen molar-refractivity contribution in [2.24, 2.45) is 4.99 Å². The summed E-state index contributed by atoms with van der Waals surface area (Å²) in [4.78, 5) is 16.8. The highest BCUT2D eigenvalue weighted by Crippen LogP contribution is 2.29. The van der Waals surface area contributed by atoms with Crippen LogP contribution < -0.4 is 25.4 Å². The molecule has 0 aliphatic heterocycles. The Hall–Kier alpha value is -3.22. The number of anilines is 1. The highest BCUT2D eigenvalue weighted by Gasteiger charge is 2.07. The summed E-state index contributed by atoms with van der Waals surface area (Å²) in [7, 11) is 3.21. The Bertz CT molecular complexity index is 837. The maximum Gasteiger partial charge on any atom is 0.251 e. The van der Waals surface area contributed by atoms with E-state index in [1.165, 1.54) is 0 Å². The number of hydrogen-bond donors (Lipinski definition) is 3. The SMILES string of the molecule is CCCNC(=O)c1cccc(CN=C(NCC)Nc2ccc(OC)c(OC)c2)c1. The Balaban J connectivity index is 2.12. The van der Waals surface area contributed by atoms with Crippen molar-refractivity contribution in [1.29, 1.82) is 0 Å². The lowest BCUT2D eigenvalue weighted by molar-refractivity contribution is 0.0953. The predicted molar refractivity (Wildman–Crippen MR) is 117 cm³/mol. The van der Waals surface area contributed by atoms with Crippen molar-refractivity contribution in [3.8, 4) is 11.5 Å². The lowest BCUT2D eigenvalue weighted by Crippen LogP contribution is -2.30. The maximum atomic E-state index is 12.2. The van der Waals surface area contributed by atoms with Crippen LogP contribution in [0.15, 0.2) is 47.5 Å². The molecule has 0 atom stereocenters. The minimum Gasteiger partial charge on any atom is -0.493 e. The van der Waals surface area contributed by atoms with Crippen molar-refractivity contribution in [2.75, 3.05) is 32.6 Å². The van der Waals surface area contributed by atoms with Crippen molar-refractivity contribution in [3.63, 3.8) is 0 Å². The third-order valence-electron chi connectivity index (χ3n) is 4.13. The second-order valence-electron chi connectivity index (χ2n) is 6.35. The molecule has 29 heavy (non-hydrogen) atoms. The molecule has 0 bridgehead atoms. The maximum absolute atomic E-state index is 12.2. The molecule has 0 spiro atoms. The molecule has 0 aliphatic carbocycles. The van der Waals surface area contributed by atoms with Crippen LogP contribution in [0.25, 0.3) is 0 Å². The van der Waals surface area contributed by atoms with Crippen LogP contribution in [0.5, 0.6) is 11.5 Å². The molecule has 1 amide bonds. The number of amides is 1. The number of rotatable bonds is 9. The van der Waals surface area contributed by atoms with Gasteiger partial charge in [0.25, 0.3) is 5.91 Å². The van der Waals surface area contributed by atoms with E-state index >= 15 is 0 Å². The first-order chi connectivity index (χ1) is 14.1. The van der Waals surface area contributed by atoms with Gasteiger partial charge in [0.1, 0.15) is 0 Å². The normalized spacial score (nSPS) is 11.0. The van der Waals surface area contributed by atoms with Crippen LogP contribution >= 0.6 is 0 Å². The zero-order valence-corrected chi connectivity index (χ0v) is 17.5. The van der Waals surface area contributed by atoms with Gasteiger partial charge in [-0.3, -0.25) is 4.79 Å². The number of nitrogens with zero attached hydrogens (tertiary/aromatic N) is 1. The van der Waals surface area contributed by atoms with Gasteiger partial charge >= 0.3 is 0 Å². The van der Waals surface area contributed by atoms with Crippen LogP contribution in [-0.4, -0.2) is 39.2 Å². The van der Waals surface area contributed by atoms with Gasteiger partial charge in [-0.2, -0.15) is 0 Å².